The van der Waals surface area contributed by atoms with Crippen molar-refractivity contribution in [3.8, 4) is 0 Å². The van der Waals surface area contributed by atoms with Crippen LogP contribution in [0.5, 0.6) is 0 Å². The number of hydrogen-bond acceptors (Lipinski definition) is 3. The van der Waals surface area contributed by atoms with E-state index in [0.717, 1.165) is 31.2 Å². The number of urea groups is 1. The molecule has 4 rings (SSSR count). The van der Waals surface area contributed by atoms with Crippen LogP contribution in [0.2, 0.25) is 0 Å². The monoisotopic (exact) mass is 355 g/mol. The van der Waals surface area contributed by atoms with Crippen molar-refractivity contribution in [2.24, 2.45) is 5.92 Å². The predicted molar refractivity (Wildman–Crippen MR) is 97.7 cm³/mol. The number of carbonyl (C=O) groups excluding carboxylic acids is 3. The minimum atomic E-state index is -0.580. The maximum atomic E-state index is 13.2. The molecule has 1 aromatic carbocycles. The van der Waals surface area contributed by atoms with Gasteiger partial charge in [0, 0.05) is 12.5 Å². The molecule has 3 aliphatic rings. The van der Waals surface area contributed by atoms with E-state index in [0.29, 0.717) is 18.7 Å². The van der Waals surface area contributed by atoms with Crippen LogP contribution in [0, 0.1) is 12.8 Å². The predicted octanol–water partition coefficient (Wildman–Crippen LogP) is 2.60. The summed E-state index contributed by atoms with van der Waals surface area (Å²) in [4.78, 5) is 41.6. The molecule has 1 N–H and O–H groups in total. The van der Waals surface area contributed by atoms with Crippen molar-refractivity contribution in [1.29, 1.82) is 0 Å². The lowest BCUT2D eigenvalue weighted by molar-refractivity contribution is -0.142. The van der Waals surface area contributed by atoms with Crippen molar-refractivity contribution in [3.63, 3.8) is 0 Å². The second kappa shape index (κ2) is 6.74. The number of nitrogens with one attached hydrogen (secondary N) is 1. The van der Waals surface area contributed by atoms with Crippen molar-refractivity contribution < 1.29 is 14.4 Å². The minimum Gasteiger partial charge on any atom is -0.332 e. The molecule has 0 radical (unpaired) electrons. The van der Waals surface area contributed by atoms with E-state index in [1.54, 1.807) is 17.0 Å². The number of likely N-dealkylation sites (tertiary alicyclic amines) is 1. The molecule has 138 valence electrons. The van der Waals surface area contributed by atoms with Crippen LogP contribution in [-0.2, 0) is 9.59 Å². The largest absolute Gasteiger partial charge is 0.332 e. The van der Waals surface area contributed by atoms with Crippen molar-refractivity contribution in [1.82, 2.24) is 10.2 Å². The van der Waals surface area contributed by atoms with Crippen LogP contribution in [0.1, 0.15) is 44.1 Å². The topological polar surface area (TPSA) is 69.7 Å². The molecule has 6 heteroatoms. The number of rotatable bonds is 2. The molecule has 4 amide bonds. The summed E-state index contributed by atoms with van der Waals surface area (Å²) in [6, 6.07) is 6.05. The smallest absolute Gasteiger partial charge is 0.329 e. The molecular weight excluding hydrogens is 330 g/mol. The summed E-state index contributed by atoms with van der Waals surface area (Å²) in [5.74, 6) is -0.171. The molecule has 2 atom stereocenters. The number of hydrogen-bond donors (Lipinski definition) is 1. The van der Waals surface area contributed by atoms with Crippen LogP contribution in [0.3, 0.4) is 0 Å². The van der Waals surface area contributed by atoms with E-state index in [2.05, 4.69) is 5.32 Å². The molecule has 6 nitrogen and oxygen atoms in total. The van der Waals surface area contributed by atoms with Crippen LogP contribution in [0.15, 0.2) is 24.3 Å². The Hall–Kier alpha value is -2.37. The van der Waals surface area contributed by atoms with E-state index >= 15 is 0 Å². The maximum Gasteiger partial charge on any atom is 0.329 e. The van der Waals surface area contributed by atoms with Gasteiger partial charge in [0.1, 0.15) is 6.04 Å². The Morgan fingerprint density at radius 3 is 2.42 bits per heavy atom. The number of benzene rings is 1. The first-order chi connectivity index (χ1) is 12.6. The first-order valence-corrected chi connectivity index (χ1v) is 9.58. The van der Waals surface area contributed by atoms with E-state index in [1.807, 2.05) is 19.1 Å². The minimum absolute atomic E-state index is 0.0285. The Morgan fingerprint density at radius 1 is 1.04 bits per heavy atom. The normalized spacial score (nSPS) is 26.7. The van der Waals surface area contributed by atoms with E-state index in [-0.39, 0.29) is 23.8 Å². The molecule has 0 unspecified atom stereocenters. The van der Waals surface area contributed by atoms with Crippen LogP contribution >= 0.6 is 0 Å². The van der Waals surface area contributed by atoms with E-state index in [9.17, 15) is 14.4 Å². The molecule has 3 fully saturated rings. The number of fused-ring (bicyclic) bond motifs is 1. The van der Waals surface area contributed by atoms with Gasteiger partial charge in [-0.2, -0.15) is 0 Å². The van der Waals surface area contributed by atoms with Crippen molar-refractivity contribution >= 4 is 23.5 Å². The van der Waals surface area contributed by atoms with E-state index in [1.165, 1.54) is 11.3 Å². The van der Waals surface area contributed by atoms with Crippen molar-refractivity contribution in [2.75, 3.05) is 11.4 Å². The highest BCUT2D eigenvalue weighted by Gasteiger charge is 2.50. The zero-order valence-electron chi connectivity index (χ0n) is 15.1. The van der Waals surface area contributed by atoms with Crippen LogP contribution < -0.4 is 10.2 Å². The zero-order valence-corrected chi connectivity index (χ0v) is 15.1. The third-order valence-electron chi connectivity index (χ3n) is 5.91. The average molecular weight is 355 g/mol. The van der Waals surface area contributed by atoms with Gasteiger partial charge in [0.25, 0.3) is 5.91 Å². The second-order valence-electron chi connectivity index (χ2n) is 7.67. The highest BCUT2D eigenvalue weighted by Crippen LogP contribution is 2.32. The molecular formula is C20H25N3O3. The third kappa shape index (κ3) is 2.87. The first-order valence-electron chi connectivity index (χ1n) is 9.58. The molecule has 1 saturated carbocycles. The van der Waals surface area contributed by atoms with Crippen LogP contribution in [0.25, 0.3) is 0 Å². The summed E-state index contributed by atoms with van der Waals surface area (Å²) in [5, 5.41) is 2.93. The Kier molecular flexibility index (Phi) is 4.42. The van der Waals surface area contributed by atoms with Gasteiger partial charge in [0.2, 0.25) is 5.91 Å². The van der Waals surface area contributed by atoms with Gasteiger partial charge >= 0.3 is 6.03 Å². The lowest BCUT2D eigenvalue weighted by Crippen LogP contribution is -2.65. The van der Waals surface area contributed by atoms with Crippen LogP contribution in [-0.4, -0.2) is 41.4 Å². The average Bonchev–Trinajstić information content (AvgIpc) is 3.07. The molecule has 0 spiro atoms. The van der Waals surface area contributed by atoms with Gasteiger partial charge in [-0.15, -0.1) is 0 Å². The summed E-state index contributed by atoms with van der Waals surface area (Å²) < 4.78 is 0. The maximum absolute atomic E-state index is 13.2. The first kappa shape index (κ1) is 17.1. The molecule has 1 aromatic rings. The van der Waals surface area contributed by atoms with Gasteiger partial charge in [0.05, 0.1) is 11.7 Å². The highest BCUT2D eigenvalue weighted by atomic mass is 16.2. The summed E-state index contributed by atoms with van der Waals surface area (Å²) in [5.41, 5.74) is 1.61. The molecule has 2 heterocycles. The Balaban J connectivity index is 1.58. The molecule has 26 heavy (non-hydrogen) atoms. The lowest BCUT2D eigenvalue weighted by atomic mass is 9.88. The standard InChI is InChI=1S/C20H25N3O3/c1-13-7-9-15(10-8-13)23-19(25)17-16(21-20(23)26)11-12-22(17)18(24)14-5-3-2-4-6-14/h7-10,14,16-17H,2-6,11-12H2,1H3,(H,21,26)/t16-,17-/m1/s1. The van der Waals surface area contributed by atoms with Gasteiger partial charge in [-0.3, -0.25) is 9.59 Å². The number of carbonyl (C=O) groups is 3. The Bertz CT molecular complexity index is 724. The van der Waals surface area contributed by atoms with Crippen LogP contribution in [0.4, 0.5) is 10.5 Å². The van der Waals surface area contributed by atoms with Gasteiger partial charge in [-0.25, -0.2) is 9.69 Å². The third-order valence-corrected chi connectivity index (χ3v) is 5.91. The highest BCUT2D eigenvalue weighted by molar-refractivity contribution is 6.19. The molecule has 0 aromatic heterocycles. The van der Waals surface area contributed by atoms with Gasteiger partial charge < -0.3 is 10.2 Å². The fraction of sp³-hybridized carbons (Fsp3) is 0.550. The molecule has 1 aliphatic carbocycles. The summed E-state index contributed by atoms with van der Waals surface area (Å²) >= 11 is 0. The zero-order chi connectivity index (χ0) is 18.3. The SMILES string of the molecule is Cc1ccc(N2C(=O)N[C@@H]3CCN(C(=O)C4CCCCC4)[C@H]3C2=O)cc1. The number of imide groups is 1. The fourth-order valence-corrected chi connectivity index (χ4v) is 4.47. The van der Waals surface area contributed by atoms with Gasteiger partial charge in [-0.05, 0) is 38.3 Å². The van der Waals surface area contributed by atoms with Gasteiger partial charge in [0.15, 0.2) is 0 Å². The number of anilines is 1. The fourth-order valence-electron chi connectivity index (χ4n) is 4.47. The second-order valence-corrected chi connectivity index (χ2v) is 7.67. The van der Waals surface area contributed by atoms with Crippen molar-refractivity contribution in [3.05, 3.63) is 29.8 Å². The van der Waals surface area contributed by atoms with E-state index in [4.69, 9.17) is 0 Å². The summed E-state index contributed by atoms with van der Waals surface area (Å²) in [7, 11) is 0. The number of aryl methyl sites for hydroxylation is 1. The van der Waals surface area contributed by atoms with Gasteiger partial charge in [-0.1, -0.05) is 37.0 Å². The van der Waals surface area contributed by atoms with E-state index < -0.39 is 12.1 Å². The number of amides is 4. The number of nitrogens with zero attached hydrogens (tertiary/aromatic N) is 2. The molecule has 2 aliphatic heterocycles. The lowest BCUT2D eigenvalue weighted by Gasteiger charge is -2.38. The summed E-state index contributed by atoms with van der Waals surface area (Å²) in [6.07, 6.45) is 5.81. The molecule has 0 bridgehead atoms. The molecule has 2 saturated heterocycles. The quantitative estimate of drug-likeness (QED) is 0.886. The van der Waals surface area contributed by atoms with Crippen molar-refractivity contribution in [2.45, 2.75) is 57.5 Å². The summed E-state index contributed by atoms with van der Waals surface area (Å²) in [6.45, 7) is 2.50. The Morgan fingerprint density at radius 2 is 1.73 bits per heavy atom. The Labute approximate surface area is 153 Å².